The number of hydrogen-bond acceptors (Lipinski definition) is 4. The van der Waals surface area contributed by atoms with Crippen molar-refractivity contribution >= 4 is 35.2 Å². The molecule has 2 amide bonds. The molecule has 0 bridgehead atoms. The second-order valence-electron chi connectivity index (χ2n) is 6.56. The Kier molecular flexibility index (Phi) is 7.24. The molecule has 2 aromatic rings. The van der Waals surface area contributed by atoms with Crippen molar-refractivity contribution in [2.24, 2.45) is 0 Å². The highest BCUT2D eigenvalue weighted by molar-refractivity contribution is 6.35. The predicted octanol–water partition coefficient (Wildman–Crippen LogP) is 5.15. The van der Waals surface area contributed by atoms with Gasteiger partial charge in [0.25, 0.3) is 0 Å². The van der Waals surface area contributed by atoms with Crippen LogP contribution in [0.3, 0.4) is 0 Å². The molecule has 0 aromatic heterocycles. The largest absolute Gasteiger partial charge is 0.489 e. The zero-order valence-corrected chi connectivity index (χ0v) is 18.1. The molecule has 2 N–H and O–H groups in total. The molecular formula is C22H22Cl2N2O4. The van der Waals surface area contributed by atoms with Crippen molar-refractivity contribution in [3.8, 4) is 5.75 Å². The summed E-state index contributed by atoms with van der Waals surface area (Å²) in [6.07, 6.45) is 0.498. The van der Waals surface area contributed by atoms with Gasteiger partial charge in [-0.15, -0.1) is 0 Å². The first kappa shape index (κ1) is 22.0. The minimum absolute atomic E-state index is 0.218. The molecule has 0 spiro atoms. The summed E-state index contributed by atoms with van der Waals surface area (Å²) in [6.45, 7) is 4.08. The lowest BCUT2D eigenvalue weighted by Gasteiger charge is -2.29. The van der Waals surface area contributed by atoms with E-state index in [0.717, 1.165) is 5.56 Å². The Balaban J connectivity index is 1.81. The molecule has 1 aliphatic rings. The van der Waals surface area contributed by atoms with Crippen molar-refractivity contribution in [2.75, 3.05) is 6.61 Å². The molecule has 1 aliphatic heterocycles. The molecule has 0 saturated carbocycles. The van der Waals surface area contributed by atoms with Gasteiger partial charge in [0.2, 0.25) is 0 Å². The molecule has 30 heavy (non-hydrogen) atoms. The van der Waals surface area contributed by atoms with Crippen LogP contribution in [0.5, 0.6) is 5.75 Å². The van der Waals surface area contributed by atoms with E-state index in [9.17, 15) is 9.59 Å². The number of urea groups is 1. The fourth-order valence-electron chi connectivity index (χ4n) is 3.18. The van der Waals surface area contributed by atoms with Gasteiger partial charge in [0, 0.05) is 21.3 Å². The summed E-state index contributed by atoms with van der Waals surface area (Å²) in [5, 5.41) is 6.56. The van der Waals surface area contributed by atoms with Crippen molar-refractivity contribution in [1.82, 2.24) is 10.6 Å². The predicted molar refractivity (Wildman–Crippen MR) is 116 cm³/mol. The molecule has 2 aromatic carbocycles. The summed E-state index contributed by atoms with van der Waals surface area (Å²) in [7, 11) is 0. The number of rotatable bonds is 7. The van der Waals surface area contributed by atoms with E-state index in [2.05, 4.69) is 10.6 Å². The minimum Gasteiger partial charge on any atom is -0.489 e. The third-order valence-electron chi connectivity index (χ3n) is 4.66. The number of ether oxygens (including phenoxy) is 2. The second-order valence-corrected chi connectivity index (χ2v) is 7.37. The Morgan fingerprint density at radius 2 is 1.73 bits per heavy atom. The van der Waals surface area contributed by atoms with Gasteiger partial charge in [-0.1, -0.05) is 48.3 Å². The first-order valence-corrected chi connectivity index (χ1v) is 10.3. The van der Waals surface area contributed by atoms with Gasteiger partial charge in [-0.3, -0.25) is 0 Å². The number of carbonyl (C=O) groups is 2. The number of carbonyl (C=O) groups excluding carboxylic acids is 2. The molecule has 3 rings (SSSR count). The first-order valence-electron chi connectivity index (χ1n) is 9.57. The molecule has 1 heterocycles. The summed E-state index contributed by atoms with van der Waals surface area (Å²) < 4.78 is 11.0. The van der Waals surface area contributed by atoms with Crippen LogP contribution >= 0.6 is 23.2 Å². The average Bonchev–Trinajstić information content (AvgIpc) is 2.73. The van der Waals surface area contributed by atoms with Crippen LogP contribution in [0.25, 0.3) is 0 Å². The number of esters is 1. The lowest BCUT2D eigenvalue weighted by atomic mass is 9.94. The second kappa shape index (κ2) is 9.87. The van der Waals surface area contributed by atoms with Crippen LogP contribution in [-0.4, -0.2) is 18.6 Å². The van der Waals surface area contributed by atoms with E-state index < -0.39 is 12.0 Å². The number of nitrogens with one attached hydrogen (secondary N) is 2. The first-order chi connectivity index (χ1) is 14.4. The minimum atomic E-state index is -0.611. The summed E-state index contributed by atoms with van der Waals surface area (Å²) in [5.74, 6) is 0.146. The number of benzene rings is 2. The number of allylic oxidation sites excluding steroid dienone is 1. The monoisotopic (exact) mass is 448 g/mol. The lowest BCUT2D eigenvalue weighted by Crippen LogP contribution is -2.45. The summed E-state index contributed by atoms with van der Waals surface area (Å²) in [4.78, 5) is 24.6. The summed E-state index contributed by atoms with van der Waals surface area (Å²) in [6, 6.07) is 11.4. The topological polar surface area (TPSA) is 76.7 Å². The van der Waals surface area contributed by atoms with E-state index in [4.69, 9.17) is 32.7 Å². The highest BCUT2D eigenvalue weighted by atomic mass is 35.5. The van der Waals surface area contributed by atoms with E-state index in [1.54, 1.807) is 49.4 Å². The maximum absolute atomic E-state index is 12.5. The van der Waals surface area contributed by atoms with Crippen LogP contribution in [0.15, 0.2) is 53.7 Å². The van der Waals surface area contributed by atoms with Crippen LogP contribution in [0, 0.1) is 0 Å². The van der Waals surface area contributed by atoms with Crippen molar-refractivity contribution in [3.05, 3.63) is 74.9 Å². The van der Waals surface area contributed by atoms with Crippen molar-refractivity contribution < 1.29 is 19.1 Å². The zero-order chi connectivity index (χ0) is 21.7. The average molecular weight is 449 g/mol. The van der Waals surface area contributed by atoms with Gasteiger partial charge in [-0.2, -0.15) is 0 Å². The maximum atomic E-state index is 12.5. The Bertz CT molecular complexity index is 953. The fourth-order valence-corrected chi connectivity index (χ4v) is 3.69. The van der Waals surface area contributed by atoms with Crippen LogP contribution in [0.2, 0.25) is 10.0 Å². The lowest BCUT2D eigenvalue weighted by molar-refractivity contribution is -0.139. The Labute approximate surface area is 185 Å². The van der Waals surface area contributed by atoms with Crippen molar-refractivity contribution in [1.29, 1.82) is 0 Å². The Morgan fingerprint density at radius 3 is 2.33 bits per heavy atom. The van der Waals surface area contributed by atoms with Crippen LogP contribution < -0.4 is 15.4 Å². The number of halogens is 2. The number of amides is 2. The highest BCUT2D eigenvalue weighted by Crippen LogP contribution is 2.31. The highest BCUT2D eigenvalue weighted by Gasteiger charge is 2.32. The maximum Gasteiger partial charge on any atom is 0.338 e. The zero-order valence-electron chi connectivity index (χ0n) is 16.6. The van der Waals surface area contributed by atoms with E-state index >= 15 is 0 Å². The third-order valence-corrected chi connectivity index (χ3v) is 5.37. The quantitative estimate of drug-likeness (QED) is 0.573. The van der Waals surface area contributed by atoms with Crippen LogP contribution in [0.4, 0.5) is 4.79 Å². The Hall–Kier alpha value is -2.70. The van der Waals surface area contributed by atoms with Gasteiger partial charge in [0.15, 0.2) is 0 Å². The molecule has 0 aliphatic carbocycles. The molecule has 0 fully saturated rings. The summed E-state index contributed by atoms with van der Waals surface area (Å²) >= 11 is 12.4. The van der Waals surface area contributed by atoms with E-state index in [0.29, 0.717) is 39.0 Å². The molecular weight excluding hydrogens is 427 g/mol. The van der Waals surface area contributed by atoms with Gasteiger partial charge < -0.3 is 20.1 Å². The molecule has 1 unspecified atom stereocenters. The van der Waals surface area contributed by atoms with E-state index in [1.807, 2.05) is 6.92 Å². The number of hydrogen-bond donors (Lipinski definition) is 2. The third kappa shape index (κ3) is 4.89. The van der Waals surface area contributed by atoms with Crippen LogP contribution in [-0.2, 0) is 16.1 Å². The molecule has 1 atom stereocenters. The Morgan fingerprint density at radius 1 is 1.07 bits per heavy atom. The van der Waals surface area contributed by atoms with Crippen molar-refractivity contribution in [3.63, 3.8) is 0 Å². The molecule has 0 radical (unpaired) electrons. The standard InChI is InChI=1S/C22H22Cl2N2O4/c1-3-18-19(21(27)29-4-2)20(26-22(28)25-18)13-8-10-14(11-9-13)30-12-15-16(23)6-5-7-17(15)24/h5-11,20H,3-4,12H2,1-2H3,(H2,25,26,28). The van der Waals surface area contributed by atoms with Crippen molar-refractivity contribution in [2.45, 2.75) is 32.9 Å². The van der Waals surface area contributed by atoms with E-state index in [1.165, 1.54) is 0 Å². The van der Waals surface area contributed by atoms with Gasteiger partial charge in [-0.25, -0.2) is 9.59 Å². The fraction of sp³-hybridized carbons (Fsp3) is 0.273. The van der Waals surface area contributed by atoms with Gasteiger partial charge in [0.05, 0.1) is 18.2 Å². The molecule has 6 nitrogen and oxygen atoms in total. The SMILES string of the molecule is CCOC(=O)C1=C(CC)NC(=O)NC1c1ccc(OCc2c(Cl)cccc2Cl)cc1. The van der Waals surface area contributed by atoms with Gasteiger partial charge in [-0.05, 0) is 43.2 Å². The van der Waals surface area contributed by atoms with E-state index in [-0.39, 0.29) is 19.2 Å². The normalized spacial score (nSPS) is 16.0. The smallest absolute Gasteiger partial charge is 0.338 e. The van der Waals surface area contributed by atoms with Gasteiger partial charge in [0.1, 0.15) is 12.4 Å². The molecule has 8 heteroatoms. The van der Waals surface area contributed by atoms with Gasteiger partial charge >= 0.3 is 12.0 Å². The van der Waals surface area contributed by atoms with Crippen LogP contribution in [0.1, 0.15) is 37.4 Å². The summed E-state index contributed by atoms with van der Waals surface area (Å²) in [5.41, 5.74) is 2.39. The molecule has 158 valence electrons. The molecule has 0 saturated heterocycles.